The van der Waals surface area contributed by atoms with Gasteiger partial charge < -0.3 is 5.32 Å². The molecular formula is C16H17N3S2. The molecule has 21 heavy (non-hydrogen) atoms. The number of anilines is 1. The summed E-state index contributed by atoms with van der Waals surface area (Å²) in [7, 11) is 1.85. The Balaban J connectivity index is 1.95. The monoisotopic (exact) mass is 315 g/mol. The molecular weight excluding hydrogens is 298 g/mol. The van der Waals surface area contributed by atoms with Crippen molar-refractivity contribution in [3.05, 3.63) is 41.3 Å². The maximum atomic E-state index is 4.59. The molecule has 108 valence electrons. The van der Waals surface area contributed by atoms with Crippen molar-refractivity contribution in [3.63, 3.8) is 0 Å². The molecule has 0 aliphatic rings. The molecule has 0 radical (unpaired) electrons. The van der Waals surface area contributed by atoms with Gasteiger partial charge in [-0.15, -0.1) is 11.3 Å². The summed E-state index contributed by atoms with van der Waals surface area (Å²) in [6, 6.07) is 10.8. The maximum Gasteiger partial charge on any atom is 0.224 e. The third-order valence-electron chi connectivity index (χ3n) is 3.27. The van der Waals surface area contributed by atoms with Gasteiger partial charge in [-0.2, -0.15) is 0 Å². The summed E-state index contributed by atoms with van der Waals surface area (Å²) >= 11 is 3.33. The number of fused-ring (bicyclic) bond motifs is 1. The van der Waals surface area contributed by atoms with Crippen LogP contribution in [-0.2, 0) is 0 Å². The molecule has 3 nitrogen and oxygen atoms in total. The lowest BCUT2D eigenvalue weighted by atomic mass is 10.0. The molecule has 0 bridgehead atoms. The lowest BCUT2D eigenvalue weighted by molar-refractivity contribution is 0.865. The Labute approximate surface area is 132 Å². The van der Waals surface area contributed by atoms with Crippen LogP contribution in [0.2, 0.25) is 0 Å². The highest BCUT2D eigenvalue weighted by Crippen LogP contribution is 2.34. The zero-order chi connectivity index (χ0) is 14.8. The Morgan fingerprint density at radius 3 is 2.52 bits per heavy atom. The summed E-state index contributed by atoms with van der Waals surface area (Å²) in [4.78, 5) is 11.3. The number of aromatic nitrogens is 2. The van der Waals surface area contributed by atoms with E-state index < -0.39 is 0 Å². The number of hydrogen-bond donors (Lipinski definition) is 1. The molecule has 0 saturated carbocycles. The molecule has 0 unspecified atom stereocenters. The molecule has 0 aliphatic heterocycles. The summed E-state index contributed by atoms with van der Waals surface area (Å²) in [5, 5.41) is 7.22. The molecule has 2 heterocycles. The number of nitrogens with zero attached hydrogens (tertiary/aromatic N) is 2. The number of hydrogen-bond acceptors (Lipinski definition) is 5. The topological polar surface area (TPSA) is 37.8 Å². The minimum Gasteiger partial charge on any atom is -0.357 e. The van der Waals surface area contributed by atoms with Gasteiger partial charge in [0.2, 0.25) is 5.95 Å². The SMILES string of the molecule is CNc1nc(Sc2ccc(C(C)C)cc2)c2ccsc2n1. The van der Waals surface area contributed by atoms with E-state index in [4.69, 9.17) is 0 Å². The first kappa shape index (κ1) is 14.4. The van der Waals surface area contributed by atoms with Crippen LogP contribution in [0.4, 0.5) is 5.95 Å². The van der Waals surface area contributed by atoms with Crippen LogP contribution in [0.5, 0.6) is 0 Å². The number of nitrogens with one attached hydrogen (secondary N) is 1. The summed E-state index contributed by atoms with van der Waals surface area (Å²) in [6.45, 7) is 4.42. The second-order valence-corrected chi connectivity index (χ2v) is 7.02. The molecule has 0 aliphatic carbocycles. The van der Waals surface area contributed by atoms with Gasteiger partial charge in [0.15, 0.2) is 0 Å². The maximum absolute atomic E-state index is 4.59. The van der Waals surface area contributed by atoms with E-state index in [1.54, 1.807) is 23.1 Å². The first-order valence-electron chi connectivity index (χ1n) is 6.88. The molecule has 0 atom stereocenters. The quantitative estimate of drug-likeness (QED) is 0.687. The molecule has 0 spiro atoms. The van der Waals surface area contributed by atoms with E-state index in [0.717, 1.165) is 15.2 Å². The van der Waals surface area contributed by atoms with Crippen molar-refractivity contribution in [3.8, 4) is 0 Å². The van der Waals surface area contributed by atoms with Crippen LogP contribution in [0.3, 0.4) is 0 Å². The number of rotatable bonds is 4. The second-order valence-electron chi connectivity index (χ2n) is 5.07. The van der Waals surface area contributed by atoms with E-state index in [-0.39, 0.29) is 0 Å². The minimum atomic E-state index is 0.558. The Kier molecular flexibility index (Phi) is 4.12. The average molecular weight is 315 g/mol. The van der Waals surface area contributed by atoms with E-state index in [1.807, 2.05) is 7.05 Å². The van der Waals surface area contributed by atoms with Gasteiger partial charge in [0.05, 0.1) is 0 Å². The smallest absolute Gasteiger partial charge is 0.224 e. The Hall–Kier alpha value is -1.59. The third kappa shape index (κ3) is 3.04. The minimum absolute atomic E-state index is 0.558. The summed E-state index contributed by atoms with van der Waals surface area (Å²) in [5.41, 5.74) is 1.36. The van der Waals surface area contributed by atoms with Crippen LogP contribution in [0.15, 0.2) is 45.6 Å². The van der Waals surface area contributed by atoms with Gasteiger partial charge >= 0.3 is 0 Å². The molecule has 5 heteroatoms. The second kappa shape index (κ2) is 6.03. The van der Waals surface area contributed by atoms with Crippen molar-refractivity contribution in [2.45, 2.75) is 29.7 Å². The molecule has 3 rings (SSSR count). The molecule has 3 aromatic rings. The van der Waals surface area contributed by atoms with Gasteiger partial charge in [0.1, 0.15) is 9.86 Å². The fourth-order valence-corrected chi connectivity index (χ4v) is 3.78. The largest absolute Gasteiger partial charge is 0.357 e. The predicted molar refractivity (Wildman–Crippen MR) is 91.6 cm³/mol. The van der Waals surface area contributed by atoms with Gasteiger partial charge in [0, 0.05) is 17.3 Å². The summed E-state index contributed by atoms with van der Waals surface area (Å²) < 4.78 is 0. The zero-order valence-electron chi connectivity index (χ0n) is 12.3. The molecule has 1 N–H and O–H groups in total. The zero-order valence-corrected chi connectivity index (χ0v) is 13.9. The van der Waals surface area contributed by atoms with Crippen LogP contribution < -0.4 is 5.32 Å². The van der Waals surface area contributed by atoms with Crippen LogP contribution in [0, 0.1) is 0 Å². The molecule has 1 aromatic carbocycles. The van der Waals surface area contributed by atoms with Crippen molar-refractivity contribution in [2.24, 2.45) is 0 Å². The van der Waals surface area contributed by atoms with Crippen molar-refractivity contribution in [1.29, 1.82) is 0 Å². The van der Waals surface area contributed by atoms with Crippen LogP contribution in [0.1, 0.15) is 25.3 Å². The Morgan fingerprint density at radius 1 is 1.10 bits per heavy atom. The van der Waals surface area contributed by atoms with Crippen LogP contribution in [0.25, 0.3) is 10.2 Å². The molecule has 0 amide bonds. The van der Waals surface area contributed by atoms with Gasteiger partial charge in [-0.25, -0.2) is 9.97 Å². The third-order valence-corrected chi connectivity index (χ3v) is 5.09. The van der Waals surface area contributed by atoms with Gasteiger partial charge in [-0.1, -0.05) is 37.7 Å². The molecule has 0 saturated heterocycles. The van der Waals surface area contributed by atoms with E-state index in [0.29, 0.717) is 11.9 Å². The number of benzene rings is 1. The number of thiophene rings is 1. The van der Waals surface area contributed by atoms with Crippen LogP contribution >= 0.6 is 23.1 Å². The van der Waals surface area contributed by atoms with E-state index >= 15 is 0 Å². The summed E-state index contributed by atoms with van der Waals surface area (Å²) in [6.07, 6.45) is 0. The Bertz CT molecular complexity index is 748. The van der Waals surface area contributed by atoms with Gasteiger partial charge in [0.25, 0.3) is 0 Å². The van der Waals surface area contributed by atoms with E-state index in [2.05, 4.69) is 64.8 Å². The first-order valence-corrected chi connectivity index (χ1v) is 8.58. The highest BCUT2D eigenvalue weighted by molar-refractivity contribution is 7.99. The van der Waals surface area contributed by atoms with E-state index in [1.165, 1.54) is 10.5 Å². The van der Waals surface area contributed by atoms with Gasteiger partial charge in [-0.05, 0) is 35.1 Å². The highest BCUT2D eigenvalue weighted by Gasteiger charge is 2.10. The lowest BCUT2D eigenvalue weighted by Crippen LogP contribution is -1.97. The highest BCUT2D eigenvalue weighted by atomic mass is 32.2. The summed E-state index contributed by atoms with van der Waals surface area (Å²) in [5.74, 6) is 1.23. The molecule has 2 aromatic heterocycles. The fourth-order valence-electron chi connectivity index (χ4n) is 2.05. The van der Waals surface area contributed by atoms with Gasteiger partial charge in [-0.3, -0.25) is 0 Å². The van der Waals surface area contributed by atoms with Crippen molar-refractivity contribution < 1.29 is 0 Å². The standard InChI is InChI=1S/C16H17N3S2/c1-10(2)11-4-6-12(7-5-11)21-15-13-8-9-20-14(13)18-16(17-3)19-15/h4-10H,1-3H3,(H,17,18,19). The fraction of sp³-hybridized carbons (Fsp3) is 0.250. The lowest BCUT2D eigenvalue weighted by Gasteiger charge is -2.08. The normalized spacial score (nSPS) is 11.2. The van der Waals surface area contributed by atoms with Crippen molar-refractivity contribution in [1.82, 2.24) is 9.97 Å². The Morgan fingerprint density at radius 2 is 1.86 bits per heavy atom. The predicted octanol–water partition coefficient (Wildman–Crippen LogP) is 5.01. The van der Waals surface area contributed by atoms with Crippen LogP contribution in [-0.4, -0.2) is 17.0 Å². The van der Waals surface area contributed by atoms with Crippen molar-refractivity contribution >= 4 is 39.3 Å². The van der Waals surface area contributed by atoms with Crippen molar-refractivity contribution in [2.75, 3.05) is 12.4 Å². The van der Waals surface area contributed by atoms with E-state index in [9.17, 15) is 0 Å². The first-order chi connectivity index (χ1) is 10.2. The molecule has 0 fully saturated rings. The average Bonchev–Trinajstić information content (AvgIpc) is 2.96.